The summed E-state index contributed by atoms with van der Waals surface area (Å²) in [7, 11) is 3.38. The summed E-state index contributed by atoms with van der Waals surface area (Å²) in [5.41, 5.74) is -0.582. The molecule has 0 N–H and O–H groups in total. The molecule has 0 aromatic carbocycles. The zero-order valence-electron chi connectivity index (χ0n) is 12.8. The molecule has 4 nitrogen and oxygen atoms in total. The molecule has 0 bridgehead atoms. The average molecular weight is 320 g/mol. The zero-order valence-corrected chi connectivity index (χ0v) is 14.4. The molecule has 20 heavy (non-hydrogen) atoms. The molecule has 0 heterocycles. The molecule has 0 aliphatic heterocycles. The molecule has 0 rings (SSSR count). The van der Waals surface area contributed by atoms with Crippen molar-refractivity contribution in [3.8, 4) is 0 Å². The Balaban J connectivity index is 3.73. The van der Waals surface area contributed by atoms with Gasteiger partial charge in [0.2, 0.25) is 0 Å². The minimum atomic E-state index is -0.582. The lowest BCUT2D eigenvalue weighted by Crippen LogP contribution is -2.25. The van der Waals surface area contributed by atoms with E-state index in [-0.39, 0.29) is 13.0 Å². The van der Waals surface area contributed by atoms with E-state index in [0.717, 1.165) is 6.42 Å². The number of ether oxygens (including phenoxy) is 2. The Kier molecular flexibility index (Phi) is 9.84. The fraction of sp³-hybridized carbons (Fsp3) is 0.714. The van der Waals surface area contributed by atoms with Gasteiger partial charge in [0.25, 0.3) is 0 Å². The van der Waals surface area contributed by atoms with Gasteiger partial charge >= 0.3 is 11.9 Å². The van der Waals surface area contributed by atoms with Gasteiger partial charge in [-0.3, -0.25) is 9.59 Å². The molecule has 0 spiro atoms. The van der Waals surface area contributed by atoms with Gasteiger partial charge in [0.05, 0.1) is 0 Å². The maximum atomic E-state index is 11.4. The molecular formula is C14H24O4S2. The van der Waals surface area contributed by atoms with Crippen LogP contribution in [0.3, 0.4) is 0 Å². The van der Waals surface area contributed by atoms with Crippen molar-refractivity contribution in [3.63, 3.8) is 0 Å². The molecule has 0 unspecified atom stereocenters. The number of carbonyl (C=O) groups is 2. The van der Waals surface area contributed by atoms with Crippen LogP contribution in [0.4, 0.5) is 0 Å². The fourth-order valence-corrected chi connectivity index (χ4v) is 2.91. The molecule has 0 aliphatic rings. The third kappa shape index (κ3) is 12.4. The summed E-state index contributed by atoms with van der Waals surface area (Å²) in [5.74, 6) is -1.13. The maximum absolute atomic E-state index is 11.4. The summed E-state index contributed by atoms with van der Waals surface area (Å²) in [6.45, 7) is 9.74. The van der Waals surface area contributed by atoms with Gasteiger partial charge in [0.1, 0.15) is 18.6 Å². The lowest BCUT2D eigenvalue weighted by Gasteiger charge is -2.18. The molecule has 0 saturated carbocycles. The van der Waals surface area contributed by atoms with Crippen LogP contribution >= 0.6 is 21.6 Å². The molecule has 0 amide bonds. The Labute approximate surface area is 129 Å². The molecule has 116 valence electrons. The minimum absolute atomic E-state index is 0.176. The Morgan fingerprint density at radius 1 is 1.25 bits per heavy atom. The highest BCUT2D eigenvalue weighted by Gasteiger charge is 2.19. The van der Waals surface area contributed by atoms with E-state index >= 15 is 0 Å². The van der Waals surface area contributed by atoms with Crippen molar-refractivity contribution in [2.45, 2.75) is 58.3 Å². The van der Waals surface area contributed by atoms with Crippen molar-refractivity contribution in [3.05, 3.63) is 11.5 Å². The van der Waals surface area contributed by atoms with Crippen LogP contribution in [-0.2, 0) is 19.1 Å². The first-order chi connectivity index (χ1) is 9.24. The van der Waals surface area contributed by atoms with Gasteiger partial charge in [0.15, 0.2) is 0 Å². The summed E-state index contributed by atoms with van der Waals surface area (Å²) in [5, 5.41) is 2.48. The van der Waals surface area contributed by atoms with Crippen LogP contribution in [0.15, 0.2) is 11.5 Å². The van der Waals surface area contributed by atoms with Crippen LogP contribution in [0.2, 0.25) is 0 Å². The van der Waals surface area contributed by atoms with E-state index in [9.17, 15) is 9.59 Å². The van der Waals surface area contributed by atoms with Crippen LogP contribution in [0.25, 0.3) is 0 Å². The lowest BCUT2D eigenvalue weighted by molar-refractivity contribution is -0.161. The highest BCUT2D eigenvalue weighted by atomic mass is 33.1. The summed E-state index contributed by atoms with van der Waals surface area (Å²) in [6.07, 6.45) is 2.53. The van der Waals surface area contributed by atoms with Gasteiger partial charge in [-0.1, -0.05) is 35.4 Å². The van der Waals surface area contributed by atoms with E-state index in [0.29, 0.717) is 5.25 Å². The monoisotopic (exact) mass is 320 g/mol. The molecule has 0 aromatic rings. The largest absolute Gasteiger partial charge is 0.461 e. The first-order valence-corrected chi connectivity index (χ1v) is 8.86. The second kappa shape index (κ2) is 10.2. The number of rotatable bonds is 8. The number of hydrogen-bond donors (Lipinski definition) is 0. The number of esters is 2. The van der Waals surface area contributed by atoms with Crippen molar-refractivity contribution in [2.75, 3.05) is 6.61 Å². The van der Waals surface area contributed by atoms with E-state index in [4.69, 9.17) is 9.47 Å². The van der Waals surface area contributed by atoms with Crippen LogP contribution < -0.4 is 0 Å². The third-order valence-electron chi connectivity index (χ3n) is 2.00. The Bertz CT molecular complexity index is 335. The van der Waals surface area contributed by atoms with Crippen molar-refractivity contribution in [2.24, 2.45) is 0 Å². The smallest absolute Gasteiger partial charge is 0.317 e. The first-order valence-electron chi connectivity index (χ1n) is 6.59. The van der Waals surface area contributed by atoms with E-state index < -0.39 is 17.5 Å². The molecule has 0 saturated heterocycles. The molecule has 0 aliphatic carbocycles. The lowest BCUT2D eigenvalue weighted by atomic mass is 10.2. The fourth-order valence-electron chi connectivity index (χ4n) is 0.961. The molecule has 6 heteroatoms. The Morgan fingerprint density at radius 3 is 2.45 bits per heavy atom. The number of hydrogen-bond acceptors (Lipinski definition) is 6. The number of carbonyl (C=O) groups excluding carboxylic acids is 2. The van der Waals surface area contributed by atoms with Gasteiger partial charge in [-0.25, -0.2) is 0 Å². The maximum Gasteiger partial charge on any atom is 0.317 e. The second-order valence-corrected chi connectivity index (χ2v) is 7.85. The molecular weight excluding hydrogens is 296 g/mol. The highest BCUT2D eigenvalue weighted by molar-refractivity contribution is 8.78. The van der Waals surface area contributed by atoms with Crippen LogP contribution in [0, 0.1) is 0 Å². The molecule has 0 fully saturated rings. The topological polar surface area (TPSA) is 52.6 Å². The predicted octanol–water partition coefficient (Wildman–Crippen LogP) is 3.96. The third-order valence-corrected chi connectivity index (χ3v) is 4.72. The zero-order chi connectivity index (χ0) is 15.6. The van der Waals surface area contributed by atoms with Gasteiger partial charge in [-0.05, 0) is 38.7 Å². The van der Waals surface area contributed by atoms with Gasteiger partial charge in [-0.15, -0.1) is 0 Å². The SMILES string of the molecule is CC[C@@H](C)SS/C=C/COC(=O)CC(=O)OC(C)(C)C. The Morgan fingerprint density at radius 2 is 1.90 bits per heavy atom. The highest BCUT2D eigenvalue weighted by Crippen LogP contribution is 2.28. The van der Waals surface area contributed by atoms with Crippen molar-refractivity contribution in [1.29, 1.82) is 0 Å². The van der Waals surface area contributed by atoms with Crippen LogP contribution in [0.1, 0.15) is 47.5 Å². The van der Waals surface area contributed by atoms with E-state index in [1.165, 1.54) is 0 Å². The summed E-state index contributed by atoms with van der Waals surface area (Å²) in [4.78, 5) is 22.7. The normalized spacial score (nSPS) is 13.2. The Hall–Kier alpha value is -0.620. The second-order valence-electron chi connectivity index (χ2n) is 5.23. The summed E-state index contributed by atoms with van der Waals surface area (Å²) in [6, 6.07) is 0. The molecule has 0 aromatic heterocycles. The van der Waals surface area contributed by atoms with Gasteiger partial charge < -0.3 is 9.47 Å². The quantitative estimate of drug-likeness (QED) is 0.383. The molecule has 0 radical (unpaired) electrons. The van der Waals surface area contributed by atoms with Crippen molar-refractivity contribution in [1.82, 2.24) is 0 Å². The predicted molar refractivity (Wildman–Crippen MR) is 85.5 cm³/mol. The van der Waals surface area contributed by atoms with E-state index in [1.807, 2.05) is 5.41 Å². The summed E-state index contributed by atoms with van der Waals surface area (Å²) < 4.78 is 9.94. The van der Waals surface area contributed by atoms with Crippen molar-refractivity contribution < 1.29 is 19.1 Å². The standard InChI is InChI=1S/C14H24O4S2/c1-6-11(2)20-19-9-7-8-17-12(15)10-13(16)18-14(3,4)5/h7,9,11H,6,8,10H2,1-5H3/b9-7+/t11-/m1/s1. The van der Waals surface area contributed by atoms with Crippen LogP contribution in [-0.4, -0.2) is 29.4 Å². The van der Waals surface area contributed by atoms with Gasteiger partial charge in [0, 0.05) is 5.25 Å². The summed E-state index contributed by atoms with van der Waals surface area (Å²) >= 11 is 0. The van der Waals surface area contributed by atoms with Crippen LogP contribution in [0.5, 0.6) is 0 Å². The first kappa shape index (κ1) is 19.4. The average Bonchev–Trinajstić information content (AvgIpc) is 2.30. The van der Waals surface area contributed by atoms with Crippen molar-refractivity contribution >= 4 is 33.5 Å². The minimum Gasteiger partial charge on any atom is -0.461 e. The van der Waals surface area contributed by atoms with E-state index in [2.05, 4.69) is 13.8 Å². The van der Waals surface area contributed by atoms with Gasteiger partial charge in [-0.2, -0.15) is 0 Å². The van der Waals surface area contributed by atoms with E-state index in [1.54, 1.807) is 48.4 Å². The molecule has 1 atom stereocenters.